The van der Waals surface area contributed by atoms with Crippen molar-refractivity contribution in [1.82, 2.24) is 23.9 Å². The van der Waals surface area contributed by atoms with Gasteiger partial charge >= 0.3 is 0 Å². The number of nitrogens with zero attached hydrogens (tertiary/aromatic N) is 6. The molecular weight excluding hydrogens is 1030 g/mol. The molecule has 10 rings (SSSR count). The molecule has 0 amide bonds. The second kappa shape index (κ2) is 16.0. The number of azo groups is 1. The summed E-state index contributed by atoms with van der Waals surface area (Å²) >= 11 is 0. The first-order valence-corrected chi connectivity index (χ1v) is 27.3. The molecule has 0 fully saturated rings. The van der Waals surface area contributed by atoms with Gasteiger partial charge < -0.3 is 4.74 Å². The van der Waals surface area contributed by atoms with E-state index in [1.54, 1.807) is 39.2 Å². The third-order valence-corrected chi connectivity index (χ3v) is 15.9. The molecule has 0 spiro atoms. The number of hydrogen-bond donors (Lipinski definition) is 7. The average molecular weight is 1070 g/mol. The van der Waals surface area contributed by atoms with Crippen LogP contribution in [0.2, 0.25) is 0 Å². The zero-order valence-electron chi connectivity index (χ0n) is 35.9. The van der Waals surface area contributed by atoms with Crippen LogP contribution in [0.1, 0.15) is 16.7 Å². The van der Waals surface area contributed by atoms with Crippen molar-refractivity contribution in [3.8, 4) is 11.4 Å². The molecular formula is C42H32N8O16S5. The number of benzene rings is 7. The van der Waals surface area contributed by atoms with Gasteiger partial charge in [0.05, 0.1) is 39.5 Å². The summed E-state index contributed by atoms with van der Waals surface area (Å²) in [5.74, 6) is 0.238. The van der Waals surface area contributed by atoms with Crippen molar-refractivity contribution in [2.75, 3.05) is 12.5 Å². The number of aromatic nitrogens is 5. The second-order valence-electron chi connectivity index (χ2n) is 15.9. The fraction of sp³-hybridized carbons (Fsp3) is 0.0476. The quantitative estimate of drug-likeness (QED) is 0.0346. The first-order valence-electron chi connectivity index (χ1n) is 20.1. The molecule has 0 radical (unpaired) electrons. The molecule has 0 aliphatic rings. The van der Waals surface area contributed by atoms with Gasteiger partial charge in [0, 0.05) is 22.2 Å². The van der Waals surface area contributed by atoms with Gasteiger partial charge in [0.15, 0.2) is 0 Å². The lowest BCUT2D eigenvalue weighted by Crippen LogP contribution is -2.19. The average Bonchev–Trinajstić information content (AvgIpc) is 3.93. The summed E-state index contributed by atoms with van der Waals surface area (Å²) in [5, 5.41) is 12.7. The minimum Gasteiger partial charge on any atom is -0.494 e. The van der Waals surface area contributed by atoms with Crippen LogP contribution in [-0.2, 0) is 50.6 Å². The molecule has 3 heterocycles. The molecule has 0 saturated carbocycles. The van der Waals surface area contributed by atoms with E-state index in [0.717, 1.165) is 30.3 Å². The molecule has 0 atom stereocenters. The fourth-order valence-electron chi connectivity index (χ4n) is 8.15. The number of anilines is 1. The molecule has 10 aromatic rings. The van der Waals surface area contributed by atoms with Crippen LogP contribution >= 0.6 is 0 Å². The van der Waals surface area contributed by atoms with Crippen LogP contribution in [-0.4, -0.2) is 95.9 Å². The highest BCUT2D eigenvalue weighted by molar-refractivity contribution is 7.87. The summed E-state index contributed by atoms with van der Waals surface area (Å²) < 4.78 is 180. The van der Waals surface area contributed by atoms with Gasteiger partial charge in [-0.15, -0.1) is 14.1 Å². The van der Waals surface area contributed by atoms with Crippen LogP contribution in [0.4, 0.5) is 17.1 Å². The normalized spacial score (nSPS) is 13.5. The Labute approximate surface area is 400 Å². The standard InChI is InChI=1S/C42H32N8O16S5/c1-22-15-35(48-49-36-21-40(71(63,64)65)32-19-29(68(54,55)56)11-13-31(32)42(36)50(48)49)37(66-2)20-33(22)44-43-26-8-5-23(38(17-26)69(57,58)59)3-4-24-6-9-27(18-39(24)70(60,61)62)45-47-34-14-7-25-16-28(67(51,52)53)10-12-30(25)41(34)46-47/h3-21,45-46H,1-2H3,(H,51,52,53)(H,54,55,56)(H,57,58,59)(H,60,61,62)(H,63,64,65). The topological polar surface area (TPSA) is 352 Å². The summed E-state index contributed by atoms with van der Waals surface area (Å²) in [7, 11) is -22.5. The van der Waals surface area contributed by atoms with Crippen LogP contribution in [0.5, 0.6) is 5.75 Å². The summed E-state index contributed by atoms with van der Waals surface area (Å²) in [6.07, 6.45) is 2.41. The molecule has 0 aliphatic carbocycles. The number of rotatable bonds is 13. The van der Waals surface area contributed by atoms with Crippen molar-refractivity contribution in [3.05, 3.63) is 120 Å². The minimum atomic E-state index is -4.93. The van der Waals surface area contributed by atoms with Crippen molar-refractivity contribution in [2.45, 2.75) is 31.4 Å². The zero-order chi connectivity index (χ0) is 50.9. The lowest BCUT2D eigenvalue weighted by molar-refractivity contribution is 0.412. The molecule has 24 nitrogen and oxygen atoms in total. The molecule has 0 unspecified atom stereocenters. The number of aryl methyl sites for hydroxylation is 1. The number of hydrogen-bond acceptors (Lipinski definition) is 14. The highest BCUT2D eigenvalue weighted by Crippen LogP contribution is 2.41. The molecule has 0 aliphatic heterocycles. The maximum absolute atomic E-state index is 12.6. The third kappa shape index (κ3) is 8.37. The van der Waals surface area contributed by atoms with Gasteiger partial charge in [0.2, 0.25) is 0 Å². The predicted molar refractivity (Wildman–Crippen MR) is 256 cm³/mol. The monoisotopic (exact) mass is 1060 g/mol. The van der Waals surface area contributed by atoms with Crippen LogP contribution in [0.3, 0.4) is 0 Å². The summed E-state index contributed by atoms with van der Waals surface area (Å²) in [6, 6.07) is 22.6. The Morgan fingerprint density at radius 2 is 1.20 bits per heavy atom. The summed E-state index contributed by atoms with van der Waals surface area (Å²) in [4.78, 5) is 0.390. The molecule has 29 heteroatoms. The lowest BCUT2D eigenvalue weighted by Gasteiger charge is -2.20. The van der Waals surface area contributed by atoms with Gasteiger partial charge in [-0.1, -0.05) is 42.5 Å². The molecule has 71 heavy (non-hydrogen) atoms. The Kier molecular flexibility index (Phi) is 10.7. The van der Waals surface area contributed by atoms with Crippen molar-refractivity contribution in [1.29, 1.82) is 0 Å². The van der Waals surface area contributed by atoms with Gasteiger partial charge in [-0.05, 0) is 95.7 Å². The molecule has 7 N–H and O–H groups in total. The van der Waals surface area contributed by atoms with Gasteiger partial charge in [0.25, 0.3) is 50.6 Å². The molecule has 366 valence electrons. The second-order valence-corrected chi connectivity index (χ2v) is 22.9. The number of aromatic amines is 1. The molecule has 0 saturated heterocycles. The zero-order valence-corrected chi connectivity index (χ0v) is 40.0. The predicted octanol–water partition coefficient (Wildman–Crippen LogP) is 7.02. The van der Waals surface area contributed by atoms with Gasteiger partial charge in [-0.2, -0.15) is 57.1 Å². The minimum absolute atomic E-state index is 0.0290. The molecule has 7 aromatic carbocycles. The smallest absolute Gasteiger partial charge is 0.295 e. The van der Waals surface area contributed by atoms with Crippen LogP contribution in [0.25, 0.3) is 61.5 Å². The van der Waals surface area contributed by atoms with E-state index in [1.165, 1.54) is 78.6 Å². The SMILES string of the molecule is COc1cc(N=Nc2ccc(C=Cc3ccc(Nn4[nH]c5c6ccc(S(=O)(=O)O)cc6ccc54)cc3S(=O)(=O)O)c(S(=O)(=O)O)c2)c(C)cc1-n1n2c3cc(S(=O)(=O)O)c4cc(S(=O)(=O)O)ccc4c3n12. The van der Waals surface area contributed by atoms with E-state index in [2.05, 4.69) is 20.8 Å². The maximum Gasteiger partial charge on any atom is 0.295 e. The number of nitrogens with one attached hydrogen (secondary N) is 2. The van der Waals surface area contributed by atoms with Crippen molar-refractivity contribution in [2.24, 2.45) is 10.2 Å². The van der Waals surface area contributed by atoms with E-state index in [9.17, 15) is 64.9 Å². The Bertz CT molecular complexity index is 4580. The van der Waals surface area contributed by atoms with Crippen molar-refractivity contribution < 1.29 is 69.6 Å². The van der Waals surface area contributed by atoms with E-state index in [-0.39, 0.29) is 49.6 Å². The number of fused-ring (bicyclic) bond motifs is 9. The van der Waals surface area contributed by atoms with E-state index < -0.39 is 70.2 Å². The van der Waals surface area contributed by atoms with Gasteiger partial charge in [-0.25, -0.2) is 0 Å². The largest absolute Gasteiger partial charge is 0.494 e. The maximum atomic E-state index is 12.6. The lowest BCUT2D eigenvalue weighted by atomic mass is 10.1. The van der Waals surface area contributed by atoms with Crippen molar-refractivity contribution >= 4 is 123 Å². The van der Waals surface area contributed by atoms with E-state index in [4.69, 9.17) is 4.74 Å². The molecule has 0 bridgehead atoms. The van der Waals surface area contributed by atoms with Crippen LogP contribution in [0.15, 0.2) is 138 Å². The Balaban J connectivity index is 0.920. The van der Waals surface area contributed by atoms with E-state index >= 15 is 0 Å². The summed E-state index contributed by atoms with van der Waals surface area (Å²) in [5.41, 5.74) is 6.14. The Morgan fingerprint density at radius 1 is 0.577 bits per heavy atom. The van der Waals surface area contributed by atoms with Gasteiger partial charge in [0.1, 0.15) is 42.7 Å². The van der Waals surface area contributed by atoms with Crippen LogP contribution in [0, 0.1) is 6.92 Å². The highest BCUT2D eigenvalue weighted by Gasteiger charge is 2.32. The first-order chi connectivity index (χ1) is 33.2. The fourth-order valence-corrected chi connectivity index (χ4v) is 11.3. The number of H-pyrrole nitrogens is 1. The molecule has 3 aromatic heterocycles. The van der Waals surface area contributed by atoms with Crippen LogP contribution < -0.4 is 10.2 Å². The Morgan fingerprint density at radius 3 is 1.83 bits per heavy atom. The van der Waals surface area contributed by atoms with Gasteiger partial charge in [-0.3, -0.25) is 33.3 Å². The number of methoxy groups -OCH3 is 1. The third-order valence-electron chi connectivity index (χ3n) is 11.5. The van der Waals surface area contributed by atoms with E-state index in [1.807, 2.05) is 0 Å². The number of ether oxygens (including phenoxy) is 1. The first kappa shape index (κ1) is 47.2. The summed E-state index contributed by atoms with van der Waals surface area (Å²) in [6.45, 7) is 1.68. The van der Waals surface area contributed by atoms with Crippen molar-refractivity contribution in [3.63, 3.8) is 0 Å². The highest BCUT2D eigenvalue weighted by atomic mass is 32.2. The Hall–Kier alpha value is -7.45. The van der Waals surface area contributed by atoms with E-state index in [0.29, 0.717) is 44.1 Å².